The van der Waals surface area contributed by atoms with Crippen LogP contribution in [0.4, 0.5) is 0 Å². The van der Waals surface area contributed by atoms with E-state index in [1.807, 2.05) is 0 Å². The number of thiazole rings is 1. The van der Waals surface area contributed by atoms with Gasteiger partial charge in [-0.25, -0.2) is 9.78 Å². The van der Waals surface area contributed by atoms with Gasteiger partial charge in [0.25, 0.3) is 5.91 Å². The van der Waals surface area contributed by atoms with Crippen molar-refractivity contribution in [1.82, 2.24) is 10.3 Å². The predicted molar refractivity (Wildman–Crippen MR) is 73.1 cm³/mol. The van der Waals surface area contributed by atoms with Gasteiger partial charge < -0.3 is 14.8 Å². The van der Waals surface area contributed by atoms with Gasteiger partial charge in [0.15, 0.2) is 5.69 Å². The molecule has 0 radical (unpaired) electrons. The van der Waals surface area contributed by atoms with Gasteiger partial charge in [0.05, 0.1) is 11.6 Å². The Morgan fingerprint density at radius 3 is 2.65 bits per heavy atom. The maximum atomic E-state index is 12.1. The van der Waals surface area contributed by atoms with Crippen LogP contribution in [0.15, 0.2) is 15.9 Å². The number of furan rings is 1. The molecular formula is C13H14N2O4S. The quantitative estimate of drug-likeness (QED) is 0.904. The van der Waals surface area contributed by atoms with E-state index < -0.39 is 5.97 Å². The second kappa shape index (κ2) is 5.46. The molecule has 0 bridgehead atoms. The average Bonchev–Trinajstić information content (AvgIpc) is 2.95. The highest BCUT2D eigenvalue weighted by atomic mass is 32.1. The highest BCUT2D eigenvalue weighted by molar-refractivity contribution is 7.09. The third-order valence-corrected chi connectivity index (χ3v) is 3.77. The molecule has 0 saturated carbocycles. The smallest absolute Gasteiger partial charge is 0.355 e. The number of nitrogens with one attached hydrogen (secondary N) is 1. The molecule has 1 atom stereocenters. The van der Waals surface area contributed by atoms with E-state index in [0.29, 0.717) is 22.1 Å². The summed E-state index contributed by atoms with van der Waals surface area (Å²) in [4.78, 5) is 26.8. The molecule has 1 amide bonds. The van der Waals surface area contributed by atoms with Crippen LogP contribution < -0.4 is 5.32 Å². The maximum absolute atomic E-state index is 12.1. The largest absolute Gasteiger partial charge is 0.476 e. The van der Waals surface area contributed by atoms with Crippen molar-refractivity contribution in [2.45, 2.75) is 26.8 Å². The van der Waals surface area contributed by atoms with Gasteiger partial charge in [-0.2, -0.15) is 0 Å². The Kier molecular flexibility index (Phi) is 3.89. The van der Waals surface area contributed by atoms with Crippen molar-refractivity contribution < 1.29 is 19.1 Å². The van der Waals surface area contributed by atoms with E-state index in [9.17, 15) is 9.59 Å². The Morgan fingerprint density at radius 2 is 2.15 bits per heavy atom. The second-order valence-electron chi connectivity index (χ2n) is 4.40. The van der Waals surface area contributed by atoms with Gasteiger partial charge >= 0.3 is 5.97 Å². The molecule has 106 valence electrons. The SMILES string of the molecule is Cc1cc(C(=O)NC(C)c2nc(C(=O)O)cs2)c(C)o1. The maximum Gasteiger partial charge on any atom is 0.355 e. The lowest BCUT2D eigenvalue weighted by Gasteiger charge is -2.10. The molecule has 7 heteroatoms. The molecule has 2 rings (SSSR count). The third kappa shape index (κ3) is 2.88. The predicted octanol–water partition coefficient (Wildman–Crippen LogP) is 2.54. The molecule has 0 fully saturated rings. The summed E-state index contributed by atoms with van der Waals surface area (Å²) in [6.45, 7) is 5.25. The minimum absolute atomic E-state index is 0.0126. The first kappa shape index (κ1) is 14.3. The van der Waals surface area contributed by atoms with E-state index in [2.05, 4.69) is 10.3 Å². The summed E-state index contributed by atoms with van der Waals surface area (Å²) in [5.74, 6) is -0.119. The lowest BCUT2D eigenvalue weighted by Crippen LogP contribution is -2.26. The number of aromatic carboxylic acids is 1. The zero-order chi connectivity index (χ0) is 14.9. The number of aromatic nitrogens is 1. The molecule has 6 nitrogen and oxygen atoms in total. The average molecular weight is 294 g/mol. The second-order valence-corrected chi connectivity index (χ2v) is 5.29. The number of carbonyl (C=O) groups excluding carboxylic acids is 1. The van der Waals surface area contributed by atoms with Crippen molar-refractivity contribution in [1.29, 1.82) is 0 Å². The standard InChI is InChI=1S/C13H14N2O4S/c1-6-4-9(8(3)19-6)11(16)14-7(2)12-15-10(5-20-12)13(17)18/h4-5,7H,1-3H3,(H,14,16)(H,17,18). The van der Waals surface area contributed by atoms with Crippen LogP contribution in [0.25, 0.3) is 0 Å². The molecule has 0 spiro atoms. The number of rotatable bonds is 4. The number of nitrogens with zero attached hydrogens (tertiary/aromatic N) is 1. The number of amides is 1. The molecule has 0 saturated heterocycles. The van der Waals surface area contributed by atoms with Gasteiger partial charge in [-0.05, 0) is 26.8 Å². The first-order valence-corrected chi connectivity index (χ1v) is 6.83. The van der Waals surface area contributed by atoms with Gasteiger partial charge in [-0.1, -0.05) is 0 Å². The molecule has 2 aromatic rings. The van der Waals surface area contributed by atoms with E-state index >= 15 is 0 Å². The minimum Gasteiger partial charge on any atom is -0.476 e. The number of hydrogen-bond donors (Lipinski definition) is 2. The van der Waals surface area contributed by atoms with Crippen molar-refractivity contribution in [3.05, 3.63) is 39.2 Å². The van der Waals surface area contributed by atoms with E-state index in [-0.39, 0.29) is 17.6 Å². The topological polar surface area (TPSA) is 92.4 Å². The number of carbonyl (C=O) groups is 2. The Morgan fingerprint density at radius 1 is 1.45 bits per heavy atom. The lowest BCUT2D eigenvalue weighted by atomic mass is 10.2. The molecule has 2 N–H and O–H groups in total. The van der Waals surface area contributed by atoms with Crippen LogP contribution in [0.5, 0.6) is 0 Å². The molecule has 2 aromatic heterocycles. The Labute approximate surface area is 119 Å². The first-order valence-electron chi connectivity index (χ1n) is 5.95. The van der Waals surface area contributed by atoms with Gasteiger partial charge in [0.2, 0.25) is 0 Å². The fourth-order valence-electron chi connectivity index (χ4n) is 1.78. The number of hydrogen-bond acceptors (Lipinski definition) is 5. The normalized spacial score (nSPS) is 12.2. The first-order chi connectivity index (χ1) is 9.38. The zero-order valence-electron chi connectivity index (χ0n) is 11.3. The van der Waals surface area contributed by atoms with Crippen LogP contribution >= 0.6 is 11.3 Å². The highest BCUT2D eigenvalue weighted by Crippen LogP contribution is 2.20. The van der Waals surface area contributed by atoms with Crippen LogP contribution in [0.1, 0.15) is 50.3 Å². The summed E-state index contributed by atoms with van der Waals surface area (Å²) in [5.41, 5.74) is 0.464. The van der Waals surface area contributed by atoms with Gasteiger partial charge in [-0.15, -0.1) is 11.3 Å². The van der Waals surface area contributed by atoms with Crippen molar-refractivity contribution in [3.8, 4) is 0 Å². The summed E-state index contributed by atoms with van der Waals surface area (Å²) >= 11 is 1.20. The summed E-state index contributed by atoms with van der Waals surface area (Å²) in [7, 11) is 0. The number of carboxylic acid groups (broad SMARTS) is 1. The van der Waals surface area contributed by atoms with E-state index in [1.54, 1.807) is 26.8 Å². The van der Waals surface area contributed by atoms with Crippen LogP contribution in [0.3, 0.4) is 0 Å². The Hall–Kier alpha value is -2.15. The molecule has 0 aliphatic carbocycles. The Bertz CT molecular complexity index is 659. The number of aryl methyl sites for hydroxylation is 2. The highest BCUT2D eigenvalue weighted by Gasteiger charge is 2.19. The van der Waals surface area contributed by atoms with E-state index in [1.165, 1.54) is 16.7 Å². The molecule has 1 unspecified atom stereocenters. The molecule has 20 heavy (non-hydrogen) atoms. The molecular weight excluding hydrogens is 280 g/mol. The number of carboxylic acids is 1. The third-order valence-electron chi connectivity index (χ3n) is 2.74. The van der Waals surface area contributed by atoms with Crippen molar-refractivity contribution >= 4 is 23.2 Å². The fraction of sp³-hybridized carbons (Fsp3) is 0.308. The van der Waals surface area contributed by atoms with Crippen LogP contribution in [0.2, 0.25) is 0 Å². The Balaban J connectivity index is 2.10. The monoisotopic (exact) mass is 294 g/mol. The summed E-state index contributed by atoms with van der Waals surface area (Å²) in [5, 5.41) is 13.6. The van der Waals surface area contributed by atoms with Crippen molar-refractivity contribution in [3.63, 3.8) is 0 Å². The van der Waals surface area contributed by atoms with Crippen LogP contribution in [-0.2, 0) is 0 Å². The molecule has 2 heterocycles. The summed E-state index contributed by atoms with van der Waals surface area (Å²) in [6, 6.07) is 1.30. The van der Waals surface area contributed by atoms with Crippen LogP contribution in [0, 0.1) is 13.8 Å². The lowest BCUT2D eigenvalue weighted by molar-refractivity contribution is 0.0691. The van der Waals surface area contributed by atoms with Crippen LogP contribution in [-0.4, -0.2) is 22.0 Å². The molecule has 0 aliphatic heterocycles. The van der Waals surface area contributed by atoms with Gasteiger partial charge in [-0.3, -0.25) is 4.79 Å². The fourth-order valence-corrected chi connectivity index (χ4v) is 2.58. The summed E-state index contributed by atoms with van der Waals surface area (Å²) < 4.78 is 5.31. The molecule has 0 aromatic carbocycles. The van der Waals surface area contributed by atoms with Crippen molar-refractivity contribution in [2.24, 2.45) is 0 Å². The van der Waals surface area contributed by atoms with Gasteiger partial charge in [0, 0.05) is 5.38 Å². The van der Waals surface area contributed by atoms with E-state index in [0.717, 1.165) is 0 Å². The molecule has 0 aliphatic rings. The minimum atomic E-state index is -1.08. The summed E-state index contributed by atoms with van der Waals surface area (Å²) in [6.07, 6.45) is 0. The van der Waals surface area contributed by atoms with Crippen molar-refractivity contribution in [2.75, 3.05) is 0 Å². The zero-order valence-corrected chi connectivity index (χ0v) is 12.1. The van der Waals surface area contributed by atoms with E-state index in [4.69, 9.17) is 9.52 Å². The van der Waals surface area contributed by atoms with Gasteiger partial charge in [0.1, 0.15) is 16.5 Å².